The smallest absolute Gasteiger partial charge is 0.163 e. The Morgan fingerprint density at radius 3 is 2.39 bits per heavy atom. The highest BCUT2D eigenvalue weighted by Crippen LogP contribution is 2.80. The number of nitrogens with zero attached hydrogens (tertiary/aromatic N) is 1. The lowest BCUT2D eigenvalue weighted by molar-refractivity contribution is -0.248. The van der Waals surface area contributed by atoms with Gasteiger partial charge in [0.2, 0.25) is 0 Å². The fraction of sp³-hybridized carbons (Fsp3) is 0.724. The van der Waals surface area contributed by atoms with Crippen molar-refractivity contribution in [3.8, 4) is 0 Å². The van der Waals surface area contributed by atoms with Crippen LogP contribution in [0.1, 0.15) is 172 Å². The number of aromatic amines is 1. The number of H-pyrrole nitrogens is 1. The summed E-state index contributed by atoms with van der Waals surface area (Å²) in [4.78, 5) is 34.3. The molecular formula is C58H78N2O6. The fourth-order valence-electron chi connectivity index (χ4n) is 18.9. The largest absolute Gasteiger partial charge is 0.392 e. The van der Waals surface area contributed by atoms with Crippen molar-refractivity contribution < 1.29 is 29.3 Å². The zero-order valence-corrected chi connectivity index (χ0v) is 41.2. The first-order valence-corrected chi connectivity index (χ1v) is 26.7. The van der Waals surface area contributed by atoms with E-state index in [0.29, 0.717) is 42.8 Å². The number of hydrogen-bond acceptors (Lipinski definition) is 6. The second-order valence-corrected chi connectivity index (χ2v) is 25.4. The molecule has 2 aromatic heterocycles. The van der Waals surface area contributed by atoms with Crippen LogP contribution in [0.4, 0.5) is 0 Å². The van der Waals surface area contributed by atoms with Crippen molar-refractivity contribution in [3.05, 3.63) is 69.6 Å². The summed E-state index contributed by atoms with van der Waals surface area (Å²) >= 11 is 0. The Labute approximate surface area is 393 Å². The minimum absolute atomic E-state index is 0.0288. The Bertz CT molecular complexity index is 2520. The maximum absolute atomic E-state index is 16.0. The molecule has 0 amide bonds. The highest BCUT2D eigenvalue weighted by atomic mass is 16.6. The van der Waals surface area contributed by atoms with Crippen molar-refractivity contribution in [1.29, 1.82) is 0 Å². The van der Waals surface area contributed by atoms with Crippen LogP contribution in [0.25, 0.3) is 11.0 Å². The lowest BCUT2D eigenvalue weighted by Crippen LogP contribution is -2.71. The Balaban J connectivity index is 1.03. The molecule has 3 aromatic rings. The summed E-state index contributed by atoms with van der Waals surface area (Å²) in [6.07, 6.45) is 18.8. The van der Waals surface area contributed by atoms with Crippen LogP contribution in [0.15, 0.2) is 41.7 Å². The summed E-state index contributed by atoms with van der Waals surface area (Å²) in [6.45, 7) is 18.2. The number of fused-ring (bicyclic) bond motifs is 2. The Hall–Kier alpha value is -3.04. The minimum Gasteiger partial charge on any atom is -0.392 e. The molecule has 6 aliphatic carbocycles. The van der Waals surface area contributed by atoms with Gasteiger partial charge in [0.25, 0.3) is 0 Å². The van der Waals surface area contributed by atoms with E-state index in [9.17, 15) is 15.0 Å². The number of carbonyl (C=O) groups excluding carboxylic acids is 2. The average Bonchev–Trinajstić information content (AvgIpc) is 3.81. The molecule has 0 bridgehead atoms. The van der Waals surface area contributed by atoms with Crippen molar-refractivity contribution in [2.75, 3.05) is 13.2 Å². The molecule has 12 rings (SSSR count). The molecule has 2 saturated heterocycles. The summed E-state index contributed by atoms with van der Waals surface area (Å²) in [7, 11) is 0. The van der Waals surface area contributed by atoms with Crippen molar-refractivity contribution in [3.63, 3.8) is 0 Å². The van der Waals surface area contributed by atoms with Crippen LogP contribution in [0.3, 0.4) is 0 Å². The second-order valence-electron chi connectivity index (χ2n) is 25.4. The molecule has 1 aromatic carbocycles. The number of nitrogens with one attached hydrogen (secondary N) is 1. The maximum atomic E-state index is 16.0. The molecule has 12 atom stereocenters. The van der Waals surface area contributed by atoms with Gasteiger partial charge in [0.05, 0.1) is 28.8 Å². The van der Waals surface area contributed by atoms with Crippen LogP contribution in [0.5, 0.6) is 0 Å². The monoisotopic (exact) mass is 899 g/mol. The first kappa shape index (κ1) is 44.2. The molecule has 8 heteroatoms. The van der Waals surface area contributed by atoms with Gasteiger partial charge in [0, 0.05) is 73.2 Å². The van der Waals surface area contributed by atoms with E-state index in [4.69, 9.17) is 9.47 Å². The van der Waals surface area contributed by atoms with E-state index in [1.54, 1.807) is 0 Å². The molecule has 356 valence electrons. The predicted molar refractivity (Wildman–Crippen MR) is 257 cm³/mol. The second kappa shape index (κ2) is 15.0. The van der Waals surface area contributed by atoms with E-state index in [-0.39, 0.29) is 51.6 Å². The zero-order valence-electron chi connectivity index (χ0n) is 41.2. The number of carbonyl (C=O) groups is 2. The van der Waals surface area contributed by atoms with E-state index in [0.717, 1.165) is 102 Å². The molecule has 7 fully saturated rings. The molecule has 0 radical (unpaired) electrons. The quantitative estimate of drug-likeness (QED) is 0.203. The molecule has 8 nitrogen and oxygen atoms in total. The molecule has 12 unspecified atom stereocenters. The number of benzene rings is 1. The minimum atomic E-state index is -0.706. The molecule has 3 aliphatic heterocycles. The van der Waals surface area contributed by atoms with Gasteiger partial charge < -0.3 is 29.2 Å². The molecular weight excluding hydrogens is 821 g/mol. The lowest BCUT2D eigenvalue weighted by Gasteiger charge is -2.73. The number of Topliss-reactive ketones (excluding diaryl/α,β-unsaturated/α-hetero) is 2. The normalized spacial score (nSPS) is 41.5. The summed E-state index contributed by atoms with van der Waals surface area (Å²) < 4.78 is 14.4. The Morgan fingerprint density at radius 1 is 0.894 bits per heavy atom. The van der Waals surface area contributed by atoms with Gasteiger partial charge >= 0.3 is 0 Å². The van der Waals surface area contributed by atoms with Crippen molar-refractivity contribution >= 4 is 22.6 Å². The van der Waals surface area contributed by atoms with Gasteiger partial charge in [-0.3, -0.25) is 9.59 Å². The van der Waals surface area contributed by atoms with Crippen LogP contribution < -0.4 is 0 Å². The summed E-state index contributed by atoms with van der Waals surface area (Å²) in [5.74, 6) is 1.46. The lowest BCUT2D eigenvalue weighted by atomic mass is 9.31. The van der Waals surface area contributed by atoms with Gasteiger partial charge in [-0.05, 0) is 166 Å². The third kappa shape index (κ3) is 6.01. The SMILES string of the molecule is Cc1cc(Cc2cn3c4c(c[nH]c24)CCC(C)(CC(O)C2OC2(C)C)C2=C4C(C3)C(O)C3C5(C)CCC(=O)C(C)(C6CCCC6)C5CCC35CCCC(C2=O)C45C)cc(C2CCOCC2)c1. The number of aromatic nitrogens is 2. The standard InChI is InChI=1S/C58H78N2O6/c1-33-25-34(27-37(26-33)35-17-23-65-24-18-35)28-38-31-60-32-40-45-46(54(4,29-42(61)52-53(2,3)66-52)20-14-36-30-59-47(38)48(36)60)50(64)41-13-10-19-58(57(41,45)7)22-15-43-55(5,51(58)49(40)63)21-16-44(62)56(43,6)39-11-8-9-12-39/h25-27,30-31,35,39-43,49,51-52,59,61,63H,8-24,28-29,32H2,1-7H3. The Morgan fingerprint density at radius 2 is 1.65 bits per heavy atom. The number of hydrogen-bond donors (Lipinski definition) is 3. The van der Waals surface area contributed by atoms with Gasteiger partial charge in [-0.15, -0.1) is 0 Å². The van der Waals surface area contributed by atoms with Crippen LogP contribution in [-0.4, -0.2) is 68.5 Å². The fourth-order valence-corrected chi connectivity index (χ4v) is 18.9. The number of epoxide rings is 1. The summed E-state index contributed by atoms with van der Waals surface area (Å²) in [5, 5.41) is 26.2. The number of allylic oxidation sites excluding steroid dienone is 1. The van der Waals surface area contributed by atoms with Crippen LogP contribution in [0, 0.1) is 63.6 Å². The van der Waals surface area contributed by atoms with Crippen molar-refractivity contribution in [2.45, 2.75) is 194 Å². The van der Waals surface area contributed by atoms with Crippen LogP contribution in [-0.2, 0) is 38.4 Å². The highest BCUT2D eigenvalue weighted by molar-refractivity contribution is 6.04. The van der Waals surface area contributed by atoms with Crippen molar-refractivity contribution in [1.82, 2.24) is 9.55 Å². The molecule has 1 spiro atoms. The highest BCUT2D eigenvalue weighted by Gasteiger charge is 2.77. The third-order valence-corrected chi connectivity index (χ3v) is 21.9. The van der Waals surface area contributed by atoms with Gasteiger partial charge in [-0.1, -0.05) is 70.7 Å². The molecule has 3 N–H and O–H groups in total. The molecule has 5 saturated carbocycles. The Kier molecular flexibility index (Phi) is 10.0. The van der Waals surface area contributed by atoms with Gasteiger partial charge in [0.1, 0.15) is 11.9 Å². The first-order valence-electron chi connectivity index (χ1n) is 26.7. The zero-order chi connectivity index (χ0) is 45.9. The number of ketones is 2. The summed E-state index contributed by atoms with van der Waals surface area (Å²) in [5.41, 5.74) is 8.84. The third-order valence-electron chi connectivity index (χ3n) is 21.9. The number of aryl methyl sites for hydroxylation is 2. The van der Waals surface area contributed by atoms with Crippen LogP contribution >= 0.6 is 0 Å². The number of aliphatic hydroxyl groups excluding tert-OH is 2. The predicted octanol–water partition coefficient (Wildman–Crippen LogP) is 10.9. The van der Waals surface area contributed by atoms with Crippen molar-refractivity contribution in [2.24, 2.45) is 56.7 Å². The average molecular weight is 899 g/mol. The topological polar surface area (TPSA) is 117 Å². The first-order chi connectivity index (χ1) is 31.4. The van der Waals surface area contributed by atoms with Crippen LogP contribution in [0.2, 0.25) is 0 Å². The van der Waals surface area contributed by atoms with Gasteiger partial charge in [-0.25, -0.2) is 0 Å². The van der Waals surface area contributed by atoms with E-state index in [2.05, 4.69) is 88.6 Å². The van der Waals surface area contributed by atoms with E-state index >= 15 is 4.79 Å². The van der Waals surface area contributed by atoms with E-state index in [1.807, 2.05) is 0 Å². The molecule has 9 aliphatic rings. The molecule has 5 heterocycles. The number of aliphatic hydroxyl groups is 2. The van der Waals surface area contributed by atoms with Gasteiger partial charge in [0.15, 0.2) is 5.78 Å². The maximum Gasteiger partial charge on any atom is 0.163 e. The number of rotatable bonds is 7. The summed E-state index contributed by atoms with van der Waals surface area (Å²) in [6, 6.07) is 7.17. The van der Waals surface area contributed by atoms with E-state index < -0.39 is 23.0 Å². The van der Waals surface area contributed by atoms with Gasteiger partial charge in [-0.2, -0.15) is 0 Å². The van der Waals surface area contributed by atoms with E-state index in [1.165, 1.54) is 57.3 Å². The molecule has 66 heavy (non-hydrogen) atoms. The number of ether oxygens (including phenoxy) is 2.